The van der Waals surface area contributed by atoms with Gasteiger partial charge in [-0.15, -0.1) is 0 Å². The maximum Gasteiger partial charge on any atom is 0.332 e. The molecule has 2 aromatic rings. The highest BCUT2D eigenvalue weighted by atomic mass is 35.5. The van der Waals surface area contributed by atoms with Crippen LogP contribution in [0.2, 0.25) is 0 Å². The van der Waals surface area contributed by atoms with Crippen molar-refractivity contribution < 1.29 is 22.1 Å². The van der Waals surface area contributed by atoms with Gasteiger partial charge in [-0.05, 0) is 0 Å². The third-order valence-electron chi connectivity index (χ3n) is 5.72. The summed E-state index contributed by atoms with van der Waals surface area (Å²) in [5.74, 6) is 0.392. The topological polar surface area (TPSA) is 83.3 Å². The molecule has 2 saturated heterocycles. The Morgan fingerprint density at radius 1 is 1.12 bits per heavy atom. The van der Waals surface area contributed by atoms with Gasteiger partial charge in [-0.3, -0.25) is 18.7 Å². The van der Waals surface area contributed by atoms with E-state index in [2.05, 4.69) is 4.98 Å². The van der Waals surface area contributed by atoms with E-state index in [1.54, 1.807) is 13.4 Å². The van der Waals surface area contributed by atoms with E-state index in [9.17, 15) is 14.4 Å². The lowest BCUT2D eigenvalue weighted by molar-refractivity contribution is -0.938. The van der Waals surface area contributed by atoms with Crippen LogP contribution in [0.4, 0.5) is 0 Å². The molecule has 136 valence electrons. The molecule has 0 spiro atoms. The molecule has 4 rings (SSSR count). The largest absolute Gasteiger partial charge is 1.00 e. The predicted octanol–water partition coefficient (Wildman–Crippen LogP) is -4.78. The van der Waals surface area contributed by atoms with Crippen molar-refractivity contribution in [1.82, 2.24) is 18.7 Å². The number of nitrogens with one attached hydrogen (secondary N) is 1. The first-order valence-corrected chi connectivity index (χ1v) is 8.45. The third kappa shape index (κ3) is 2.73. The summed E-state index contributed by atoms with van der Waals surface area (Å²) in [6.07, 6.45) is 5.25. The Kier molecular flexibility index (Phi) is 4.59. The molecule has 2 bridgehead atoms. The zero-order chi connectivity index (χ0) is 17.0. The van der Waals surface area contributed by atoms with Crippen LogP contribution in [0.5, 0.6) is 0 Å². The number of halogens is 1. The summed E-state index contributed by atoms with van der Waals surface area (Å²) in [5.41, 5.74) is 0.225. The first-order valence-electron chi connectivity index (χ1n) is 8.45. The van der Waals surface area contributed by atoms with Crippen LogP contribution in [0.1, 0.15) is 25.7 Å². The fraction of sp³-hybridized carbons (Fsp3) is 0.625. The number of hydrogen-bond donors (Lipinski definition) is 1. The standard InChI is InChI=1S/C16H21N5O3.ClH/c1-18-14-13(15(23)19(2)16(18)24)20(9-17-14)5-6-21-10-3-4-11(21)8-12(22)7-10;/h9-11H,3-8H2,1-2H3;1H. The molecule has 2 atom stereocenters. The quantitative estimate of drug-likeness (QED) is 0.590. The average Bonchev–Trinajstić information content (AvgIpc) is 3.08. The molecule has 2 aromatic heterocycles. The summed E-state index contributed by atoms with van der Waals surface area (Å²) in [5, 5.41) is 0. The monoisotopic (exact) mass is 367 g/mol. The van der Waals surface area contributed by atoms with Crippen molar-refractivity contribution in [2.24, 2.45) is 14.1 Å². The number of fused-ring (bicyclic) bond motifs is 3. The Bertz CT molecular complexity index is 928. The maximum absolute atomic E-state index is 12.5. The third-order valence-corrected chi connectivity index (χ3v) is 5.72. The van der Waals surface area contributed by atoms with E-state index in [4.69, 9.17) is 0 Å². The predicted molar refractivity (Wildman–Crippen MR) is 87.1 cm³/mol. The van der Waals surface area contributed by atoms with Gasteiger partial charge in [-0.25, -0.2) is 9.78 Å². The number of ketones is 1. The second-order valence-corrected chi connectivity index (χ2v) is 7.06. The van der Waals surface area contributed by atoms with E-state index in [0.29, 0.717) is 48.4 Å². The molecule has 0 amide bonds. The molecule has 2 unspecified atom stereocenters. The van der Waals surface area contributed by atoms with Crippen molar-refractivity contribution in [3.63, 3.8) is 0 Å². The summed E-state index contributed by atoms with van der Waals surface area (Å²) >= 11 is 0. The Morgan fingerprint density at radius 3 is 2.40 bits per heavy atom. The van der Waals surface area contributed by atoms with Crippen LogP contribution in [0.3, 0.4) is 0 Å². The van der Waals surface area contributed by atoms with Crippen molar-refractivity contribution in [3.05, 3.63) is 27.2 Å². The molecule has 25 heavy (non-hydrogen) atoms. The van der Waals surface area contributed by atoms with Crippen LogP contribution in [0.25, 0.3) is 11.2 Å². The zero-order valence-electron chi connectivity index (χ0n) is 14.4. The lowest BCUT2D eigenvalue weighted by Gasteiger charge is -2.30. The second-order valence-electron chi connectivity index (χ2n) is 7.06. The van der Waals surface area contributed by atoms with Gasteiger partial charge in [-0.1, -0.05) is 0 Å². The van der Waals surface area contributed by atoms with Crippen molar-refractivity contribution in [2.45, 2.75) is 44.3 Å². The van der Waals surface area contributed by atoms with Gasteiger partial charge < -0.3 is 21.9 Å². The van der Waals surface area contributed by atoms with E-state index in [1.807, 2.05) is 4.57 Å². The molecule has 8 nitrogen and oxygen atoms in total. The lowest BCUT2D eigenvalue weighted by atomic mass is 10.0. The average molecular weight is 368 g/mol. The van der Waals surface area contributed by atoms with Gasteiger partial charge in [-0.2, -0.15) is 0 Å². The maximum atomic E-state index is 12.5. The highest BCUT2D eigenvalue weighted by molar-refractivity contribution is 5.80. The van der Waals surface area contributed by atoms with Crippen molar-refractivity contribution in [3.8, 4) is 0 Å². The number of quaternary nitrogens is 1. The molecule has 1 N–H and O–H groups in total. The summed E-state index contributed by atoms with van der Waals surface area (Å²) in [4.78, 5) is 41.9. The number of aryl methyl sites for hydroxylation is 1. The zero-order valence-corrected chi connectivity index (χ0v) is 15.1. The normalized spacial score (nSPS) is 25.4. The Hall–Kier alpha value is -1.93. The molecular formula is C16H22ClN5O3. The summed E-state index contributed by atoms with van der Waals surface area (Å²) < 4.78 is 4.37. The smallest absolute Gasteiger partial charge is 0.332 e. The molecule has 2 fully saturated rings. The van der Waals surface area contributed by atoms with E-state index in [-0.39, 0.29) is 23.7 Å². The van der Waals surface area contributed by atoms with E-state index < -0.39 is 0 Å². The molecule has 0 aliphatic carbocycles. The minimum absolute atomic E-state index is 0. The minimum atomic E-state index is -0.365. The molecule has 0 radical (unpaired) electrons. The number of imidazole rings is 1. The van der Waals surface area contributed by atoms with E-state index in [1.165, 1.54) is 16.5 Å². The molecule has 0 saturated carbocycles. The number of hydrogen-bond acceptors (Lipinski definition) is 4. The highest BCUT2D eigenvalue weighted by Gasteiger charge is 2.43. The summed E-state index contributed by atoms with van der Waals surface area (Å²) in [6, 6.07) is 0.858. The van der Waals surface area contributed by atoms with Crippen LogP contribution in [0, 0.1) is 0 Å². The number of carbonyl (C=O) groups is 1. The fourth-order valence-electron chi connectivity index (χ4n) is 4.43. The van der Waals surface area contributed by atoms with E-state index in [0.717, 1.165) is 24.0 Å². The number of carbonyl (C=O) groups excluding carboxylic acids is 1. The SMILES string of the molecule is Cn1c(=O)c2c(ncn2CC[NH+]2C3CCC2CC(=O)C3)n(C)c1=O.[Cl-]. The first-order chi connectivity index (χ1) is 11.5. The van der Waals surface area contributed by atoms with Gasteiger partial charge in [0.1, 0.15) is 5.78 Å². The van der Waals surface area contributed by atoms with Gasteiger partial charge >= 0.3 is 5.69 Å². The summed E-state index contributed by atoms with van der Waals surface area (Å²) in [7, 11) is 3.12. The Labute approximate surface area is 150 Å². The Morgan fingerprint density at radius 2 is 1.76 bits per heavy atom. The van der Waals surface area contributed by atoms with Crippen molar-refractivity contribution >= 4 is 16.9 Å². The van der Waals surface area contributed by atoms with Crippen LogP contribution < -0.4 is 28.6 Å². The van der Waals surface area contributed by atoms with Gasteiger partial charge in [0.05, 0.1) is 44.3 Å². The number of aromatic nitrogens is 4. The first kappa shape index (κ1) is 17.9. The number of piperidine rings is 1. The molecule has 0 aromatic carbocycles. The Balaban J connectivity index is 0.00000182. The molecule has 9 heteroatoms. The number of nitrogens with zero attached hydrogens (tertiary/aromatic N) is 4. The number of rotatable bonds is 3. The van der Waals surface area contributed by atoms with Crippen molar-refractivity contribution in [2.75, 3.05) is 6.54 Å². The van der Waals surface area contributed by atoms with Gasteiger partial charge in [0.2, 0.25) is 0 Å². The minimum Gasteiger partial charge on any atom is -1.00 e. The van der Waals surface area contributed by atoms with Gasteiger partial charge in [0, 0.05) is 26.9 Å². The summed E-state index contributed by atoms with van der Waals surface area (Å²) in [6.45, 7) is 1.54. The van der Waals surface area contributed by atoms with Gasteiger partial charge in [0.15, 0.2) is 11.2 Å². The highest BCUT2D eigenvalue weighted by Crippen LogP contribution is 2.19. The molecule has 2 aliphatic heterocycles. The lowest BCUT2D eigenvalue weighted by Crippen LogP contribution is -3.18. The molecule has 2 aliphatic rings. The van der Waals surface area contributed by atoms with Crippen LogP contribution in [0.15, 0.2) is 15.9 Å². The molecule has 4 heterocycles. The number of Topliss-reactive ketones (excluding diaryl/α,β-unsaturated/α-hetero) is 1. The van der Waals surface area contributed by atoms with Crippen LogP contribution >= 0.6 is 0 Å². The van der Waals surface area contributed by atoms with Gasteiger partial charge in [0.25, 0.3) is 5.56 Å². The fourth-order valence-corrected chi connectivity index (χ4v) is 4.43. The van der Waals surface area contributed by atoms with Crippen molar-refractivity contribution in [1.29, 1.82) is 0 Å². The van der Waals surface area contributed by atoms with E-state index >= 15 is 0 Å². The molecular weight excluding hydrogens is 346 g/mol. The second kappa shape index (κ2) is 6.42. The van der Waals surface area contributed by atoms with Crippen LogP contribution in [-0.2, 0) is 25.4 Å². The van der Waals surface area contributed by atoms with Crippen LogP contribution in [-0.4, -0.2) is 43.1 Å².